The molecule has 0 unspecified atom stereocenters. The van der Waals surface area contributed by atoms with Gasteiger partial charge in [-0.15, -0.1) is 0 Å². The Morgan fingerprint density at radius 3 is 2.52 bits per heavy atom. The Kier molecular flexibility index (Phi) is 4.16. The number of H-pyrrole nitrogens is 1. The molecule has 2 N–H and O–H groups in total. The number of phenols is 1. The number of benzene rings is 2. The Balaban J connectivity index is 2.04. The molecule has 0 aliphatic carbocycles. The maximum atomic E-state index is 13.2. The predicted octanol–water partition coefficient (Wildman–Crippen LogP) is 4.79. The van der Waals surface area contributed by atoms with Crippen molar-refractivity contribution in [1.29, 1.82) is 0 Å². The van der Waals surface area contributed by atoms with E-state index < -0.39 is 11.7 Å². The first-order valence-electron chi connectivity index (χ1n) is 7.40. The summed E-state index contributed by atoms with van der Waals surface area (Å²) in [7, 11) is 1.19. The lowest BCUT2D eigenvalue weighted by molar-refractivity contribution is -0.138. The number of aryl methyl sites for hydroxylation is 1. The number of methoxy groups -OCH3 is 1. The molecule has 0 aliphatic heterocycles. The molecule has 1 aromatic heterocycles. The van der Waals surface area contributed by atoms with E-state index in [1.807, 2.05) is 6.92 Å². The van der Waals surface area contributed by atoms with Gasteiger partial charge in [0.1, 0.15) is 11.5 Å². The van der Waals surface area contributed by atoms with Crippen LogP contribution >= 0.6 is 0 Å². The lowest BCUT2D eigenvalue weighted by atomic mass is 10.0. The Morgan fingerprint density at radius 1 is 1.08 bits per heavy atom. The number of halogens is 3. The van der Waals surface area contributed by atoms with E-state index in [2.05, 4.69) is 10.2 Å². The monoisotopic (exact) mass is 348 g/mol. The van der Waals surface area contributed by atoms with Crippen molar-refractivity contribution in [2.45, 2.75) is 13.1 Å². The molecule has 4 nitrogen and oxygen atoms in total. The second-order valence-electron chi connectivity index (χ2n) is 5.60. The standard InChI is InChI=1S/C18H15F3N2O2/c1-10-3-5-16(24)12(7-10)15-9-14(22-23-15)11-4-6-17(25-2)13(8-11)18(19,20)21/h3-9,24H,1-2H3,(H,22,23). The molecule has 25 heavy (non-hydrogen) atoms. The minimum atomic E-state index is -4.53. The number of nitrogens with one attached hydrogen (secondary N) is 1. The van der Waals surface area contributed by atoms with Crippen molar-refractivity contribution in [1.82, 2.24) is 10.2 Å². The van der Waals surface area contributed by atoms with E-state index in [4.69, 9.17) is 4.74 Å². The SMILES string of the molecule is COc1ccc(-c2cc(-c3cc(C)ccc3O)[nH]n2)cc1C(F)(F)F. The number of hydrogen-bond acceptors (Lipinski definition) is 3. The molecule has 3 aromatic rings. The van der Waals surface area contributed by atoms with Gasteiger partial charge in [0.05, 0.1) is 24.1 Å². The number of ether oxygens (including phenoxy) is 1. The summed E-state index contributed by atoms with van der Waals surface area (Å²) in [5.41, 5.74) is 1.75. The highest BCUT2D eigenvalue weighted by atomic mass is 19.4. The molecule has 1 heterocycles. The third-order valence-electron chi connectivity index (χ3n) is 3.82. The highest BCUT2D eigenvalue weighted by Gasteiger charge is 2.34. The van der Waals surface area contributed by atoms with Crippen molar-refractivity contribution < 1.29 is 23.0 Å². The summed E-state index contributed by atoms with van der Waals surface area (Å²) in [6, 6.07) is 10.4. The van der Waals surface area contributed by atoms with Gasteiger partial charge in [-0.2, -0.15) is 18.3 Å². The summed E-state index contributed by atoms with van der Waals surface area (Å²) in [4.78, 5) is 0. The molecular formula is C18H15F3N2O2. The molecule has 0 fully saturated rings. The Bertz CT molecular complexity index is 917. The average molecular weight is 348 g/mol. The normalized spacial score (nSPS) is 11.6. The van der Waals surface area contributed by atoms with Crippen LogP contribution in [0.5, 0.6) is 11.5 Å². The lowest BCUT2D eigenvalue weighted by Gasteiger charge is -2.12. The van der Waals surface area contributed by atoms with E-state index in [0.29, 0.717) is 22.5 Å². The summed E-state index contributed by atoms with van der Waals surface area (Å²) in [6.45, 7) is 1.87. The first-order valence-corrected chi connectivity index (χ1v) is 7.40. The number of alkyl halides is 3. The van der Waals surface area contributed by atoms with Gasteiger partial charge < -0.3 is 9.84 Å². The smallest absolute Gasteiger partial charge is 0.419 e. The maximum Gasteiger partial charge on any atom is 0.419 e. The van der Waals surface area contributed by atoms with E-state index in [1.165, 1.54) is 19.2 Å². The van der Waals surface area contributed by atoms with E-state index in [0.717, 1.165) is 11.6 Å². The first kappa shape index (κ1) is 16.9. The summed E-state index contributed by atoms with van der Waals surface area (Å²) in [5.74, 6) is -0.185. The van der Waals surface area contributed by atoms with Crippen LogP contribution in [0.3, 0.4) is 0 Å². The third-order valence-corrected chi connectivity index (χ3v) is 3.82. The molecule has 0 amide bonds. The Hall–Kier alpha value is -2.96. The number of rotatable bonds is 3. The molecule has 0 spiro atoms. The van der Waals surface area contributed by atoms with Crippen LogP contribution in [-0.2, 0) is 6.18 Å². The molecule has 130 valence electrons. The molecule has 0 saturated carbocycles. The highest BCUT2D eigenvalue weighted by molar-refractivity contribution is 5.73. The number of nitrogens with zero attached hydrogens (tertiary/aromatic N) is 1. The molecule has 2 aromatic carbocycles. The van der Waals surface area contributed by atoms with Gasteiger partial charge in [-0.05, 0) is 43.3 Å². The zero-order chi connectivity index (χ0) is 18.2. The minimum Gasteiger partial charge on any atom is -0.507 e. The number of aromatic nitrogens is 2. The van der Waals surface area contributed by atoms with Crippen molar-refractivity contribution in [3.8, 4) is 34.0 Å². The quantitative estimate of drug-likeness (QED) is 0.716. The van der Waals surface area contributed by atoms with Crippen molar-refractivity contribution in [3.63, 3.8) is 0 Å². The Morgan fingerprint density at radius 2 is 1.84 bits per heavy atom. The summed E-state index contributed by atoms with van der Waals surface area (Å²) in [6.07, 6.45) is -4.53. The third kappa shape index (κ3) is 3.31. The van der Waals surface area contributed by atoms with E-state index in [1.54, 1.807) is 24.3 Å². The van der Waals surface area contributed by atoms with Gasteiger partial charge in [-0.3, -0.25) is 5.10 Å². The minimum absolute atomic E-state index is 0.0616. The van der Waals surface area contributed by atoms with Gasteiger partial charge in [-0.25, -0.2) is 0 Å². The van der Waals surface area contributed by atoms with Crippen molar-refractivity contribution in [3.05, 3.63) is 53.6 Å². The second-order valence-corrected chi connectivity index (χ2v) is 5.60. The van der Waals surface area contributed by atoms with Gasteiger partial charge in [0.25, 0.3) is 0 Å². The summed E-state index contributed by atoms with van der Waals surface area (Å²) >= 11 is 0. The molecule has 0 bridgehead atoms. The summed E-state index contributed by atoms with van der Waals surface area (Å²) in [5, 5.41) is 16.8. The van der Waals surface area contributed by atoms with Gasteiger partial charge in [-0.1, -0.05) is 11.6 Å². The van der Waals surface area contributed by atoms with E-state index in [-0.39, 0.29) is 11.5 Å². The van der Waals surface area contributed by atoms with Crippen molar-refractivity contribution >= 4 is 0 Å². The molecule has 0 aliphatic rings. The summed E-state index contributed by atoms with van der Waals surface area (Å²) < 4.78 is 44.3. The van der Waals surface area contributed by atoms with E-state index >= 15 is 0 Å². The number of hydrogen-bond donors (Lipinski definition) is 2. The number of phenolic OH excluding ortho intramolecular Hbond substituents is 1. The number of aromatic hydroxyl groups is 1. The largest absolute Gasteiger partial charge is 0.507 e. The van der Waals surface area contributed by atoms with Gasteiger partial charge >= 0.3 is 6.18 Å². The average Bonchev–Trinajstić information content (AvgIpc) is 3.05. The predicted molar refractivity (Wildman–Crippen MR) is 87.4 cm³/mol. The molecule has 0 radical (unpaired) electrons. The molecular weight excluding hydrogens is 333 g/mol. The fourth-order valence-corrected chi connectivity index (χ4v) is 2.56. The van der Waals surface area contributed by atoms with Crippen LogP contribution in [0.25, 0.3) is 22.5 Å². The van der Waals surface area contributed by atoms with Crippen molar-refractivity contribution in [2.24, 2.45) is 0 Å². The lowest BCUT2D eigenvalue weighted by Crippen LogP contribution is -2.07. The van der Waals surface area contributed by atoms with Crippen LogP contribution < -0.4 is 4.74 Å². The van der Waals surface area contributed by atoms with Gasteiger partial charge in [0.15, 0.2) is 0 Å². The maximum absolute atomic E-state index is 13.2. The fourth-order valence-electron chi connectivity index (χ4n) is 2.56. The first-order chi connectivity index (χ1) is 11.8. The molecule has 3 rings (SSSR count). The zero-order valence-electron chi connectivity index (χ0n) is 13.5. The highest BCUT2D eigenvalue weighted by Crippen LogP contribution is 2.39. The molecule has 0 saturated heterocycles. The van der Waals surface area contributed by atoms with Crippen LogP contribution in [-0.4, -0.2) is 22.4 Å². The van der Waals surface area contributed by atoms with Crippen LogP contribution in [0.4, 0.5) is 13.2 Å². The van der Waals surface area contributed by atoms with Crippen LogP contribution in [0.1, 0.15) is 11.1 Å². The Labute approximate surface area is 141 Å². The van der Waals surface area contributed by atoms with Crippen LogP contribution in [0, 0.1) is 6.92 Å². The van der Waals surface area contributed by atoms with Crippen molar-refractivity contribution in [2.75, 3.05) is 7.11 Å². The second kappa shape index (κ2) is 6.16. The van der Waals surface area contributed by atoms with Gasteiger partial charge in [0, 0.05) is 11.1 Å². The topological polar surface area (TPSA) is 58.1 Å². The van der Waals surface area contributed by atoms with E-state index in [9.17, 15) is 18.3 Å². The van der Waals surface area contributed by atoms with Crippen LogP contribution in [0.2, 0.25) is 0 Å². The fraction of sp³-hybridized carbons (Fsp3) is 0.167. The van der Waals surface area contributed by atoms with Crippen LogP contribution in [0.15, 0.2) is 42.5 Å². The molecule has 7 heteroatoms. The van der Waals surface area contributed by atoms with Gasteiger partial charge in [0.2, 0.25) is 0 Å². The zero-order valence-corrected chi connectivity index (χ0v) is 13.5. The number of aromatic amines is 1. The molecule has 0 atom stereocenters.